The second-order valence-electron chi connectivity index (χ2n) is 3.46. The van der Waals surface area contributed by atoms with Crippen LogP contribution in [0.2, 0.25) is 0 Å². The van der Waals surface area contributed by atoms with E-state index in [1.807, 2.05) is 4.90 Å². The number of aliphatic hydroxyl groups is 1. The SMILES string of the molecule is O=C(O)C12CCN(CC1O)C2. The van der Waals surface area contributed by atoms with Crippen LogP contribution in [0.4, 0.5) is 0 Å². The van der Waals surface area contributed by atoms with Crippen LogP contribution in [0.25, 0.3) is 0 Å². The van der Waals surface area contributed by atoms with Crippen LogP contribution in [0.5, 0.6) is 0 Å². The van der Waals surface area contributed by atoms with Gasteiger partial charge in [0.2, 0.25) is 0 Å². The third-order valence-electron chi connectivity index (χ3n) is 2.87. The van der Waals surface area contributed by atoms with Gasteiger partial charge in [-0.1, -0.05) is 0 Å². The summed E-state index contributed by atoms with van der Waals surface area (Å²) < 4.78 is 0. The van der Waals surface area contributed by atoms with Gasteiger partial charge in [-0.15, -0.1) is 0 Å². The summed E-state index contributed by atoms with van der Waals surface area (Å²) in [6, 6.07) is 0. The maximum atomic E-state index is 10.8. The number of nitrogens with zero attached hydrogens (tertiary/aromatic N) is 1. The van der Waals surface area contributed by atoms with E-state index in [1.165, 1.54) is 0 Å². The average Bonchev–Trinajstić information content (AvgIpc) is 2.43. The fourth-order valence-electron chi connectivity index (χ4n) is 2.08. The lowest BCUT2D eigenvalue weighted by Crippen LogP contribution is -2.42. The molecule has 11 heavy (non-hydrogen) atoms. The molecule has 4 nitrogen and oxygen atoms in total. The van der Waals surface area contributed by atoms with Gasteiger partial charge in [0, 0.05) is 13.1 Å². The minimum Gasteiger partial charge on any atom is -0.481 e. The summed E-state index contributed by atoms with van der Waals surface area (Å²) in [5.41, 5.74) is -0.833. The molecule has 2 heterocycles. The number of carboxylic acids is 1. The molecule has 0 aromatic rings. The van der Waals surface area contributed by atoms with E-state index in [9.17, 15) is 9.90 Å². The van der Waals surface area contributed by atoms with Gasteiger partial charge in [0.15, 0.2) is 0 Å². The van der Waals surface area contributed by atoms with Gasteiger partial charge in [0.25, 0.3) is 0 Å². The Kier molecular flexibility index (Phi) is 1.25. The molecule has 0 saturated carbocycles. The van der Waals surface area contributed by atoms with Crippen LogP contribution in [0.15, 0.2) is 0 Å². The molecule has 2 saturated heterocycles. The van der Waals surface area contributed by atoms with Crippen LogP contribution < -0.4 is 0 Å². The van der Waals surface area contributed by atoms with Crippen molar-refractivity contribution < 1.29 is 15.0 Å². The van der Waals surface area contributed by atoms with Gasteiger partial charge < -0.3 is 10.2 Å². The van der Waals surface area contributed by atoms with Crippen molar-refractivity contribution in [3.63, 3.8) is 0 Å². The lowest BCUT2D eigenvalue weighted by molar-refractivity contribution is -0.152. The van der Waals surface area contributed by atoms with E-state index < -0.39 is 17.5 Å². The maximum Gasteiger partial charge on any atom is 0.313 e. The van der Waals surface area contributed by atoms with Crippen molar-refractivity contribution in [2.45, 2.75) is 12.5 Å². The molecule has 0 aromatic heterocycles. The van der Waals surface area contributed by atoms with Crippen molar-refractivity contribution in [1.82, 2.24) is 4.90 Å². The predicted octanol–water partition coefficient (Wildman–Crippen LogP) is -0.862. The Morgan fingerprint density at radius 2 is 2.36 bits per heavy atom. The van der Waals surface area contributed by atoms with Crippen LogP contribution in [-0.4, -0.2) is 46.8 Å². The lowest BCUT2D eigenvalue weighted by atomic mass is 9.82. The van der Waals surface area contributed by atoms with Gasteiger partial charge in [-0.25, -0.2) is 0 Å². The Morgan fingerprint density at radius 3 is 2.64 bits per heavy atom. The van der Waals surface area contributed by atoms with Gasteiger partial charge >= 0.3 is 5.97 Å². The van der Waals surface area contributed by atoms with E-state index in [-0.39, 0.29) is 0 Å². The molecule has 2 fully saturated rings. The molecule has 4 heteroatoms. The van der Waals surface area contributed by atoms with Gasteiger partial charge in [0.1, 0.15) is 5.41 Å². The van der Waals surface area contributed by atoms with Gasteiger partial charge in [-0.3, -0.25) is 9.69 Å². The normalized spacial score (nSPS) is 48.1. The van der Waals surface area contributed by atoms with E-state index in [0.29, 0.717) is 19.5 Å². The Bertz CT molecular complexity index is 206. The highest BCUT2D eigenvalue weighted by Gasteiger charge is 2.56. The van der Waals surface area contributed by atoms with Crippen molar-refractivity contribution in [1.29, 1.82) is 0 Å². The standard InChI is InChI=1S/C7H11NO3/c9-5-3-8-2-1-7(5,4-8)6(10)11/h5,9H,1-4H2,(H,10,11). The fourth-order valence-corrected chi connectivity index (χ4v) is 2.08. The molecule has 2 N–H and O–H groups in total. The monoisotopic (exact) mass is 157 g/mol. The first-order valence-electron chi connectivity index (χ1n) is 3.79. The molecule has 0 amide bonds. The number of piperidine rings is 1. The van der Waals surface area contributed by atoms with E-state index in [4.69, 9.17) is 5.11 Å². The Labute approximate surface area is 64.4 Å². The van der Waals surface area contributed by atoms with Crippen molar-refractivity contribution >= 4 is 5.97 Å². The van der Waals surface area contributed by atoms with Crippen molar-refractivity contribution in [3.8, 4) is 0 Å². The molecule has 2 bridgehead atoms. The first kappa shape index (κ1) is 7.06. The van der Waals surface area contributed by atoms with E-state index in [0.717, 1.165) is 6.54 Å². The van der Waals surface area contributed by atoms with Crippen molar-refractivity contribution in [2.24, 2.45) is 5.41 Å². The number of rotatable bonds is 1. The third kappa shape index (κ3) is 0.736. The number of fused-ring (bicyclic) bond motifs is 2. The topological polar surface area (TPSA) is 60.8 Å². The Morgan fingerprint density at radius 1 is 1.64 bits per heavy atom. The van der Waals surface area contributed by atoms with E-state index in [1.54, 1.807) is 0 Å². The molecule has 3 unspecified atom stereocenters. The molecule has 0 aliphatic carbocycles. The minimum absolute atomic E-state index is 0.531. The molecule has 62 valence electrons. The highest BCUT2D eigenvalue weighted by Crippen LogP contribution is 2.40. The summed E-state index contributed by atoms with van der Waals surface area (Å²) in [5.74, 6) is -0.843. The lowest BCUT2D eigenvalue weighted by Gasteiger charge is -2.25. The summed E-state index contributed by atoms with van der Waals surface area (Å²) in [7, 11) is 0. The second kappa shape index (κ2) is 1.95. The zero-order valence-electron chi connectivity index (χ0n) is 6.16. The molecule has 2 rings (SSSR count). The zero-order valence-corrected chi connectivity index (χ0v) is 6.16. The van der Waals surface area contributed by atoms with Crippen LogP contribution in [0.1, 0.15) is 6.42 Å². The molecule has 3 atom stereocenters. The van der Waals surface area contributed by atoms with Gasteiger partial charge in [-0.2, -0.15) is 0 Å². The molecule has 2 aliphatic rings. The van der Waals surface area contributed by atoms with Crippen molar-refractivity contribution in [2.75, 3.05) is 19.6 Å². The Hall–Kier alpha value is -0.610. The quantitative estimate of drug-likeness (QED) is 0.520. The number of hydrogen-bond acceptors (Lipinski definition) is 3. The largest absolute Gasteiger partial charge is 0.481 e. The van der Waals surface area contributed by atoms with Crippen LogP contribution in [-0.2, 0) is 4.79 Å². The van der Waals surface area contributed by atoms with Crippen molar-refractivity contribution in [3.05, 3.63) is 0 Å². The number of carbonyl (C=O) groups is 1. The third-order valence-corrected chi connectivity index (χ3v) is 2.87. The molecule has 0 aromatic carbocycles. The number of aliphatic carboxylic acids is 1. The minimum atomic E-state index is -0.843. The summed E-state index contributed by atoms with van der Waals surface area (Å²) in [6.07, 6.45) is -0.0579. The summed E-state index contributed by atoms with van der Waals surface area (Å²) in [4.78, 5) is 12.8. The van der Waals surface area contributed by atoms with E-state index >= 15 is 0 Å². The predicted molar refractivity (Wildman–Crippen MR) is 37.1 cm³/mol. The van der Waals surface area contributed by atoms with Crippen LogP contribution >= 0.6 is 0 Å². The molecule has 0 spiro atoms. The summed E-state index contributed by atoms with van der Waals surface area (Å²) >= 11 is 0. The zero-order chi connectivity index (χ0) is 8.06. The Balaban J connectivity index is 2.29. The smallest absolute Gasteiger partial charge is 0.313 e. The van der Waals surface area contributed by atoms with Crippen LogP contribution in [0.3, 0.4) is 0 Å². The van der Waals surface area contributed by atoms with Gasteiger partial charge in [0.05, 0.1) is 6.10 Å². The maximum absolute atomic E-state index is 10.8. The molecular weight excluding hydrogens is 146 g/mol. The van der Waals surface area contributed by atoms with Crippen LogP contribution in [0, 0.1) is 5.41 Å². The van der Waals surface area contributed by atoms with E-state index in [2.05, 4.69) is 0 Å². The number of aliphatic hydroxyl groups excluding tert-OH is 1. The van der Waals surface area contributed by atoms with Gasteiger partial charge in [-0.05, 0) is 13.0 Å². The fraction of sp³-hybridized carbons (Fsp3) is 0.857. The number of carboxylic acid groups (broad SMARTS) is 1. The average molecular weight is 157 g/mol. The highest BCUT2D eigenvalue weighted by atomic mass is 16.4. The second-order valence-corrected chi connectivity index (χ2v) is 3.46. The molecule has 0 radical (unpaired) electrons. The first-order valence-corrected chi connectivity index (χ1v) is 3.79. The first-order chi connectivity index (χ1) is 5.15. The summed E-state index contributed by atoms with van der Waals surface area (Å²) in [5, 5.41) is 18.3. The molecular formula is C7H11NO3. The number of hydrogen-bond donors (Lipinski definition) is 2. The molecule has 2 aliphatic heterocycles. The summed E-state index contributed by atoms with van der Waals surface area (Å²) in [6.45, 7) is 1.89. The highest BCUT2D eigenvalue weighted by molar-refractivity contribution is 5.77.